The average molecular weight is 333 g/mol. The van der Waals surface area contributed by atoms with Gasteiger partial charge in [-0.2, -0.15) is 0 Å². The van der Waals surface area contributed by atoms with Crippen molar-refractivity contribution >= 4 is 27.5 Å². The highest BCUT2D eigenvalue weighted by Gasteiger charge is 2.25. The van der Waals surface area contributed by atoms with Gasteiger partial charge in [0.15, 0.2) is 0 Å². The summed E-state index contributed by atoms with van der Waals surface area (Å²) in [5, 5.41) is 0. The third kappa shape index (κ3) is 2.18. The predicted octanol–water partition coefficient (Wildman–Crippen LogP) is 2.35. The number of aromatic nitrogens is 1. The molecule has 0 unspecified atom stereocenters. The van der Waals surface area contributed by atoms with Gasteiger partial charge in [0.2, 0.25) is 5.56 Å². The minimum Gasteiger partial charge on any atom is -0.318 e. The average Bonchev–Trinajstić information content (AvgIpc) is 2.84. The molecule has 0 fully saturated rings. The van der Waals surface area contributed by atoms with Gasteiger partial charge in [-0.1, -0.05) is 15.9 Å². The first kappa shape index (κ1) is 13.1. The fraction of sp³-hybridized carbons (Fsp3) is 0.200. The number of carbonyl (C=O) groups is 1. The zero-order chi connectivity index (χ0) is 14.3. The van der Waals surface area contributed by atoms with Crippen molar-refractivity contribution in [2.24, 2.45) is 7.05 Å². The van der Waals surface area contributed by atoms with E-state index in [0.717, 1.165) is 22.1 Å². The molecule has 0 radical (unpaired) electrons. The molecule has 0 saturated carbocycles. The molecule has 1 aromatic carbocycles. The number of benzene rings is 1. The molecular formula is C15H13BrN2O2. The number of rotatable bonds is 1. The van der Waals surface area contributed by atoms with E-state index in [1.165, 1.54) is 10.6 Å². The molecule has 3 rings (SSSR count). The van der Waals surface area contributed by atoms with Crippen molar-refractivity contribution in [1.82, 2.24) is 4.57 Å². The molecule has 0 atom stereocenters. The molecule has 102 valence electrons. The maximum atomic E-state index is 12.6. The van der Waals surface area contributed by atoms with E-state index in [9.17, 15) is 9.59 Å². The standard InChI is InChI=1S/C15H13BrN2O2/c1-17-9-11(2-5-14(17)19)15(20)18-7-6-10-8-12(16)3-4-13(10)18/h2-5,8-9H,6-7H2,1H3. The molecule has 5 heteroatoms. The lowest BCUT2D eigenvalue weighted by molar-refractivity contribution is 0.0988. The van der Waals surface area contributed by atoms with Crippen molar-refractivity contribution in [1.29, 1.82) is 0 Å². The van der Waals surface area contributed by atoms with Crippen LogP contribution in [-0.2, 0) is 13.5 Å². The van der Waals surface area contributed by atoms with E-state index in [0.29, 0.717) is 12.1 Å². The van der Waals surface area contributed by atoms with Crippen molar-refractivity contribution in [2.45, 2.75) is 6.42 Å². The van der Waals surface area contributed by atoms with E-state index in [2.05, 4.69) is 15.9 Å². The van der Waals surface area contributed by atoms with E-state index in [4.69, 9.17) is 0 Å². The molecule has 1 aliphatic heterocycles. The number of anilines is 1. The van der Waals surface area contributed by atoms with Gasteiger partial charge < -0.3 is 9.47 Å². The number of carbonyl (C=O) groups excluding carboxylic acids is 1. The predicted molar refractivity (Wildman–Crippen MR) is 81.2 cm³/mol. The molecule has 0 spiro atoms. The Hall–Kier alpha value is -1.88. The van der Waals surface area contributed by atoms with Crippen molar-refractivity contribution < 1.29 is 4.79 Å². The Balaban J connectivity index is 1.97. The summed E-state index contributed by atoms with van der Waals surface area (Å²) in [4.78, 5) is 25.7. The number of aryl methyl sites for hydroxylation is 1. The highest BCUT2D eigenvalue weighted by Crippen LogP contribution is 2.31. The molecule has 1 amide bonds. The Bertz CT molecular complexity index is 752. The van der Waals surface area contributed by atoms with Crippen LogP contribution < -0.4 is 10.5 Å². The first-order chi connectivity index (χ1) is 9.56. The van der Waals surface area contributed by atoms with Crippen LogP contribution in [0.3, 0.4) is 0 Å². The van der Waals surface area contributed by atoms with Crippen LogP contribution in [-0.4, -0.2) is 17.0 Å². The summed E-state index contributed by atoms with van der Waals surface area (Å²) in [6.07, 6.45) is 2.44. The minimum atomic E-state index is -0.118. The second-order valence-electron chi connectivity index (χ2n) is 4.85. The van der Waals surface area contributed by atoms with Gasteiger partial charge >= 0.3 is 0 Å². The number of amides is 1. The van der Waals surface area contributed by atoms with Crippen LogP contribution in [0.2, 0.25) is 0 Å². The fourth-order valence-electron chi connectivity index (χ4n) is 2.46. The SMILES string of the molecule is Cn1cc(C(=O)N2CCc3cc(Br)ccc32)ccc1=O. The summed E-state index contributed by atoms with van der Waals surface area (Å²) in [6.45, 7) is 0.674. The van der Waals surface area contributed by atoms with Crippen LogP contribution in [0, 0.1) is 0 Å². The van der Waals surface area contributed by atoms with Gasteiger partial charge in [0.05, 0.1) is 5.56 Å². The normalized spacial score (nSPS) is 13.4. The van der Waals surface area contributed by atoms with E-state index in [-0.39, 0.29) is 11.5 Å². The molecule has 4 nitrogen and oxygen atoms in total. The molecule has 2 heterocycles. The van der Waals surface area contributed by atoms with Gasteiger partial charge in [-0.15, -0.1) is 0 Å². The first-order valence-electron chi connectivity index (χ1n) is 6.33. The molecule has 0 N–H and O–H groups in total. The van der Waals surface area contributed by atoms with Gasteiger partial charge in [-0.05, 0) is 36.2 Å². The molecule has 20 heavy (non-hydrogen) atoms. The van der Waals surface area contributed by atoms with Crippen molar-refractivity contribution in [3.63, 3.8) is 0 Å². The number of halogens is 1. The van der Waals surface area contributed by atoms with Crippen LogP contribution in [0.4, 0.5) is 5.69 Å². The van der Waals surface area contributed by atoms with E-state index >= 15 is 0 Å². The van der Waals surface area contributed by atoms with Crippen molar-refractivity contribution in [2.75, 3.05) is 11.4 Å². The summed E-state index contributed by atoms with van der Waals surface area (Å²) in [5.74, 6) is -0.0679. The highest BCUT2D eigenvalue weighted by atomic mass is 79.9. The molecular weight excluding hydrogens is 320 g/mol. The van der Waals surface area contributed by atoms with Crippen molar-refractivity contribution in [3.05, 3.63) is 62.5 Å². The Morgan fingerprint density at radius 3 is 2.80 bits per heavy atom. The smallest absolute Gasteiger partial charge is 0.259 e. The third-order valence-corrected chi connectivity index (χ3v) is 4.01. The largest absolute Gasteiger partial charge is 0.318 e. The first-order valence-corrected chi connectivity index (χ1v) is 7.12. The second-order valence-corrected chi connectivity index (χ2v) is 5.76. The summed E-state index contributed by atoms with van der Waals surface area (Å²) in [5.41, 5.74) is 2.53. The molecule has 0 bridgehead atoms. The Kier molecular flexibility index (Phi) is 3.22. The number of fused-ring (bicyclic) bond motifs is 1. The lowest BCUT2D eigenvalue weighted by Crippen LogP contribution is -2.30. The topological polar surface area (TPSA) is 42.3 Å². The van der Waals surface area contributed by atoms with Gasteiger partial charge in [0, 0.05) is 36.0 Å². The molecule has 1 aromatic heterocycles. The molecule has 2 aromatic rings. The molecule has 1 aliphatic rings. The Morgan fingerprint density at radius 2 is 2.05 bits per heavy atom. The number of pyridine rings is 1. The number of hydrogen-bond acceptors (Lipinski definition) is 2. The van der Waals surface area contributed by atoms with Gasteiger partial charge in [-0.25, -0.2) is 0 Å². The lowest BCUT2D eigenvalue weighted by atomic mass is 10.2. The Morgan fingerprint density at radius 1 is 1.25 bits per heavy atom. The van der Waals surface area contributed by atoms with E-state index in [1.807, 2.05) is 18.2 Å². The summed E-state index contributed by atoms with van der Waals surface area (Å²) in [7, 11) is 1.65. The van der Waals surface area contributed by atoms with Crippen LogP contribution in [0.5, 0.6) is 0 Å². The van der Waals surface area contributed by atoms with Gasteiger partial charge in [0.25, 0.3) is 5.91 Å². The van der Waals surface area contributed by atoms with Gasteiger partial charge in [-0.3, -0.25) is 9.59 Å². The van der Waals surface area contributed by atoms with Crippen LogP contribution in [0.1, 0.15) is 15.9 Å². The molecule has 0 aliphatic carbocycles. The zero-order valence-electron chi connectivity index (χ0n) is 11.0. The summed E-state index contributed by atoms with van der Waals surface area (Å²) in [6, 6.07) is 8.94. The second kappa shape index (κ2) is 4.90. The quantitative estimate of drug-likeness (QED) is 0.804. The van der Waals surface area contributed by atoms with Crippen LogP contribution >= 0.6 is 15.9 Å². The lowest BCUT2D eigenvalue weighted by Gasteiger charge is -2.17. The third-order valence-electron chi connectivity index (χ3n) is 3.52. The molecule has 0 saturated heterocycles. The number of hydrogen-bond donors (Lipinski definition) is 0. The van der Waals surface area contributed by atoms with Crippen molar-refractivity contribution in [3.8, 4) is 0 Å². The summed E-state index contributed by atoms with van der Waals surface area (Å²) >= 11 is 3.44. The Labute approximate surface area is 124 Å². The highest BCUT2D eigenvalue weighted by molar-refractivity contribution is 9.10. The van der Waals surface area contributed by atoms with E-state index < -0.39 is 0 Å². The minimum absolute atomic E-state index is 0.0679. The summed E-state index contributed by atoms with van der Waals surface area (Å²) < 4.78 is 2.44. The monoisotopic (exact) mass is 332 g/mol. The van der Waals surface area contributed by atoms with Gasteiger partial charge in [0.1, 0.15) is 0 Å². The maximum absolute atomic E-state index is 12.6. The number of nitrogens with zero attached hydrogens (tertiary/aromatic N) is 2. The van der Waals surface area contributed by atoms with E-state index in [1.54, 1.807) is 24.2 Å². The zero-order valence-corrected chi connectivity index (χ0v) is 12.6. The van der Waals surface area contributed by atoms with Crippen LogP contribution in [0.15, 0.2) is 45.8 Å². The van der Waals surface area contributed by atoms with Crippen LogP contribution in [0.25, 0.3) is 0 Å². The fourth-order valence-corrected chi connectivity index (χ4v) is 2.87. The maximum Gasteiger partial charge on any atom is 0.259 e.